The quantitative estimate of drug-likeness (QED) is 0.690. The predicted octanol–water partition coefficient (Wildman–Crippen LogP) is 2.91. The number of fused-ring (bicyclic) bond motifs is 3. The van der Waals surface area contributed by atoms with Gasteiger partial charge in [-0.05, 0) is 38.1 Å². The lowest BCUT2D eigenvalue weighted by atomic mass is 9.95. The fourth-order valence-electron chi connectivity index (χ4n) is 5.23. The van der Waals surface area contributed by atoms with Gasteiger partial charge < -0.3 is 9.80 Å². The smallest absolute Gasteiger partial charge is 0.150 e. The highest BCUT2D eigenvalue weighted by atomic mass is 15.3. The number of nitrogens with zero attached hydrogens (tertiary/aromatic N) is 6. The van der Waals surface area contributed by atoms with Crippen LogP contribution in [-0.4, -0.2) is 65.2 Å². The summed E-state index contributed by atoms with van der Waals surface area (Å²) in [5, 5.41) is 1.19. The molecule has 6 heteroatoms. The summed E-state index contributed by atoms with van der Waals surface area (Å²) in [6.07, 6.45) is 6.30. The van der Waals surface area contributed by atoms with Gasteiger partial charge in [0.25, 0.3) is 0 Å². The molecule has 5 heterocycles. The molecule has 2 atom stereocenters. The first kappa shape index (κ1) is 17.2. The Kier molecular flexibility index (Phi) is 3.94. The first-order valence-electron chi connectivity index (χ1n) is 10.6. The highest BCUT2D eigenvalue weighted by Gasteiger charge is 2.40. The second kappa shape index (κ2) is 6.66. The van der Waals surface area contributed by atoms with Crippen LogP contribution in [-0.2, 0) is 0 Å². The number of rotatable bonds is 3. The number of piperazine rings is 1. The SMILES string of the molecule is CN1C2CCC1CN(c1nccnc1C1CN(c3ccc4ccccc4n3)C1)C2. The molecule has 0 saturated carbocycles. The van der Waals surface area contributed by atoms with Gasteiger partial charge in [0.1, 0.15) is 5.82 Å². The lowest BCUT2D eigenvalue weighted by molar-refractivity contribution is 0.211. The molecule has 2 aromatic heterocycles. The second-order valence-corrected chi connectivity index (χ2v) is 8.68. The summed E-state index contributed by atoms with van der Waals surface area (Å²) in [5.41, 5.74) is 2.22. The molecular weight excluding hydrogens is 360 g/mol. The Morgan fingerprint density at radius 1 is 0.828 bits per heavy atom. The normalized spacial score (nSPS) is 24.9. The van der Waals surface area contributed by atoms with Crippen molar-refractivity contribution in [2.45, 2.75) is 30.8 Å². The van der Waals surface area contributed by atoms with Crippen molar-refractivity contribution in [3.63, 3.8) is 0 Å². The molecule has 0 N–H and O–H groups in total. The van der Waals surface area contributed by atoms with Gasteiger partial charge in [0.15, 0.2) is 5.82 Å². The van der Waals surface area contributed by atoms with Gasteiger partial charge in [0.05, 0.1) is 11.2 Å². The molecule has 1 aromatic carbocycles. The molecule has 0 amide bonds. The van der Waals surface area contributed by atoms with E-state index in [1.165, 1.54) is 18.2 Å². The largest absolute Gasteiger partial charge is 0.355 e. The van der Waals surface area contributed by atoms with Crippen molar-refractivity contribution < 1.29 is 0 Å². The van der Waals surface area contributed by atoms with Gasteiger partial charge in [-0.3, -0.25) is 9.88 Å². The van der Waals surface area contributed by atoms with Crippen LogP contribution in [0.3, 0.4) is 0 Å². The molecule has 3 aromatic rings. The Labute approximate surface area is 171 Å². The summed E-state index contributed by atoms with van der Waals surface area (Å²) in [6.45, 7) is 4.05. The van der Waals surface area contributed by atoms with E-state index in [9.17, 15) is 0 Å². The molecular formula is C23H26N6. The fraction of sp³-hybridized carbons (Fsp3) is 0.435. The van der Waals surface area contributed by atoms with E-state index in [-0.39, 0.29) is 0 Å². The lowest BCUT2D eigenvalue weighted by Gasteiger charge is -2.43. The van der Waals surface area contributed by atoms with Gasteiger partial charge in [-0.1, -0.05) is 18.2 Å². The van der Waals surface area contributed by atoms with Crippen LogP contribution < -0.4 is 9.80 Å². The Morgan fingerprint density at radius 2 is 1.59 bits per heavy atom. The van der Waals surface area contributed by atoms with E-state index in [0.29, 0.717) is 18.0 Å². The van der Waals surface area contributed by atoms with Crippen LogP contribution in [0, 0.1) is 0 Å². The molecule has 2 unspecified atom stereocenters. The Morgan fingerprint density at radius 3 is 2.41 bits per heavy atom. The minimum atomic E-state index is 0.421. The first-order valence-corrected chi connectivity index (χ1v) is 10.6. The third-order valence-corrected chi connectivity index (χ3v) is 7.03. The zero-order valence-electron chi connectivity index (χ0n) is 16.8. The van der Waals surface area contributed by atoms with E-state index in [4.69, 9.17) is 15.0 Å². The van der Waals surface area contributed by atoms with Crippen molar-refractivity contribution >= 4 is 22.5 Å². The van der Waals surface area contributed by atoms with E-state index in [0.717, 1.165) is 49.0 Å². The molecule has 6 rings (SSSR count). The third kappa shape index (κ3) is 2.85. The summed E-state index contributed by atoms with van der Waals surface area (Å²) in [5.74, 6) is 2.58. The molecule has 3 aliphatic heterocycles. The summed E-state index contributed by atoms with van der Waals surface area (Å²) < 4.78 is 0. The highest BCUT2D eigenvalue weighted by molar-refractivity contribution is 5.80. The van der Waals surface area contributed by atoms with Crippen molar-refractivity contribution in [2.75, 3.05) is 43.0 Å². The van der Waals surface area contributed by atoms with Crippen molar-refractivity contribution in [3.05, 3.63) is 54.5 Å². The lowest BCUT2D eigenvalue weighted by Crippen LogP contribution is -2.53. The van der Waals surface area contributed by atoms with Crippen molar-refractivity contribution in [2.24, 2.45) is 0 Å². The van der Waals surface area contributed by atoms with Gasteiger partial charge >= 0.3 is 0 Å². The molecule has 0 aliphatic carbocycles. The average Bonchev–Trinajstić information content (AvgIpc) is 2.93. The third-order valence-electron chi connectivity index (χ3n) is 7.03. The molecule has 29 heavy (non-hydrogen) atoms. The zero-order valence-corrected chi connectivity index (χ0v) is 16.8. The van der Waals surface area contributed by atoms with E-state index < -0.39 is 0 Å². The number of hydrogen-bond donors (Lipinski definition) is 0. The Bertz CT molecular complexity index is 1030. The van der Waals surface area contributed by atoms with Crippen LogP contribution in [0.4, 0.5) is 11.6 Å². The predicted molar refractivity (Wildman–Crippen MR) is 116 cm³/mol. The van der Waals surface area contributed by atoms with Crippen LogP contribution in [0.5, 0.6) is 0 Å². The monoisotopic (exact) mass is 386 g/mol. The zero-order chi connectivity index (χ0) is 19.4. The number of pyridine rings is 1. The Balaban J connectivity index is 1.21. The number of benzene rings is 1. The number of anilines is 2. The standard InChI is InChI=1S/C23H26N6/c1-27-18-7-8-19(27)15-29(14-18)23-22(24-10-11-25-23)17-12-28(13-17)21-9-6-16-4-2-3-5-20(16)26-21/h2-6,9-11,17-19H,7-8,12-15H2,1H3. The maximum Gasteiger partial charge on any atom is 0.150 e. The van der Waals surface area contributed by atoms with Crippen LogP contribution >= 0.6 is 0 Å². The van der Waals surface area contributed by atoms with E-state index in [2.05, 4.69) is 52.1 Å². The Hall–Kier alpha value is -2.73. The topological polar surface area (TPSA) is 48.4 Å². The van der Waals surface area contributed by atoms with Gasteiger partial charge in [-0.25, -0.2) is 9.97 Å². The highest BCUT2D eigenvalue weighted by Crippen LogP contribution is 2.37. The van der Waals surface area contributed by atoms with Gasteiger partial charge in [0.2, 0.25) is 0 Å². The van der Waals surface area contributed by atoms with Crippen molar-refractivity contribution in [1.29, 1.82) is 0 Å². The molecule has 0 spiro atoms. The number of hydrogen-bond acceptors (Lipinski definition) is 6. The molecule has 2 bridgehead atoms. The second-order valence-electron chi connectivity index (χ2n) is 8.68. The summed E-state index contributed by atoms with van der Waals surface area (Å²) in [4.78, 5) is 21.8. The summed E-state index contributed by atoms with van der Waals surface area (Å²) in [6, 6.07) is 13.9. The summed E-state index contributed by atoms with van der Waals surface area (Å²) in [7, 11) is 2.28. The maximum atomic E-state index is 4.85. The van der Waals surface area contributed by atoms with Crippen molar-refractivity contribution in [3.8, 4) is 0 Å². The van der Waals surface area contributed by atoms with E-state index in [1.807, 2.05) is 18.5 Å². The summed E-state index contributed by atoms with van der Waals surface area (Å²) >= 11 is 0. The van der Waals surface area contributed by atoms with Gasteiger partial charge in [0, 0.05) is 62.0 Å². The number of para-hydroxylation sites is 1. The van der Waals surface area contributed by atoms with E-state index in [1.54, 1.807) is 0 Å². The molecule has 0 radical (unpaired) electrons. The van der Waals surface area contributed by atoms with Crippen molar-refractivity contribution in [1.82, 2.24) is 19.9 Å². The number of aromatic nitrogens is 3. The van der Waals surface area contributed by atoms with Gasteiger partial charge in [-0.15, -0.1) is 0 Å². The molecule has 148 valence electrons. The maximum absolute atomic E-state index is 4.85. The minimum Gasteiger partial charge on any atom is -0.355 e. The molecule has 3 saturated heterocycles. The number of likely N-dealkylation sites (N-methyl/N-ethyl adjacent to an activating group) is 1. The van der Waals surface area contributed by atoms with Gasteiger partial charge in [-0.2, -0.15) is 0 Å². The van der Waals surface area contributed by atoms with Crippen LogP contribution in [0.2, 0.25) is 0 Å². The fourth-order valence-corrected chi connectivity index (χ4v) is 5.23. The van der Waals surface area contributed by atoms with Crippen LogP contribution in [0.25, 0.3) is 10.9 Å². The van der Waals surface area contributed by atoms with Crippen LogP contribution in [0.15, 0.2) is 48.8 Å². The van der Waals surface area contributed by atoms with E-state index >= 15 is 0 Å². The first-order chi connectivity index (χ1) is 14.3. The average molecular weight is 387 g/mol. The van der Waals surface area contributed by atoms with Crippen LogP contribution in [0.1, 0.15) is 24.5 Å². The molecule has 3 aliphatic rings. The molecule has 3 fully saturated rings. The molecule has 6 nitrogen and oxygen atoms in total. The minimum absolute atomic E-state index is 0.421.